The Balaban J connectivity index is 1.80. The zero-order valence-corrected chi connectivity index (χ0v) is 13.9. The normalized spacial score (nSPS) is 19.7. The van der Waals surface area contributed by atoms with Gasteiger partial charge in [-0.05, 0) is 39.5 Å². The Hall–Kier alpha value is -0.710. The Labute approximate surface area is 130 Å². The minimum absolute atomic E-state index is 0.212. The zero-order chi connectivity index (χ0) is 14.5. The molecule has 1 aliphatic heterocycles. The van der Waals surface area contributed by atoms with Gasteiger partial charge in [0.25, 0.3) is 0 Å². The van der Waals surface area contributed by atoms with E-state index in [9.17, 15) is 4.79 Å². The van der Waals surface area contributed by atoms with Crippen LogP contribution in [0.25, 0.3) is 0 Å². The van der Waals surface area contributed by atoms with Crippen LogP contribution < -0.4 is 0 Å². The third-order valence-corrected chi connectivity index (χ3v) is 4.78. The van der Waals surface area contributed by atoms with Crippen molar-refractivity contribution in [1.82, 2.24) is 9.80 Å². The Morgan fingerprint density at radius 3 is 2.85 bits per heavy atom. The fourth-order valence-electron chi connectivity index (χ4n) is 2.78. The molecule has 0 spiro atoms. The predicted molar refractivity (Wildman–Crippen MR) is 86.2 cm³/mol. The summed E-state index contributed by atoms with van der Waals surface area (Å²) in [4.78, 5) is 16.9. The van der Waals surface area contributed by atoms with E-state index in [1.54, 1.807) is 0 Å². The first-order chi connectivity index (χ1) is 9.58. The van der Waals surface area contributed by atoms with Crippen LogP contribution in [0.3, 0.4) is 0 Å². The van der Waals surface area contributed by atoms with Gasteiger partial charge in [0, 0.05) is 35.6 Å². The smallest absolute Gasteiger partial charge is 0.165 e. The first kappa shape index (κ1) is 15.7. The van der Waals surface area contributed by atoms with Gasteiger partial charge in [0.2, 0.25) is 0 Å². The van der Waals surface area contributed by atoms with Crippen molar-refractivity contribution in [3.8, 4) is 0 Å². The summed E-state index contributed by atoms with van der Waals surface area (Å²) in [5, 5.41) is 0. The van der Waals surface area contributed by atoms with Crippen molar-refractivity contribution in [3.63, 3.8) is 0 Å². The fourth-order valence-corrected chi connectivity index (χ4v) is 3.28. The van der Waals surface area contributed by atoms with Gasteiger partial charge in [0.15, 0.2) is 5.78 Å². The van der Waals surface area contributed by atoms with E-state index < -0.39 is 0 Å². The van der Waals surface area contributed by atoms with Gasteiger partial charge in [-0.3, -0.25) is 4.79 Å². The average Bonchev–Trinajstić information content (AvgIpc) is 2.82. The number of carbonyl (C=O) groups is 1. The van der Waals surface area contributed by atoms with Gasteiger partial charge in [-0.2, -0.15) is 0 Å². The second-order valence-corrected chi connectivity index (χ2v) is 6.55. The third kappa shape index (κ3) is 4.14. The predicted octanol–water partition coefficient (Wildman–Crippen LogP) is 3.05. The number of Topliss-reactive ketones (excluding diaryl/α,β-unsaturated/α-hetero) is 1. The second kappa shape index (κ2) is 7.34. The molecule has 0 aromatic heterocycles. The minimum atomic E-state index is 0.212. The Bertz CT molecular complexity index is 464. The molecular formula is C16H23BrN2O. The quantitative estimate of drug-likeness (QED) is 0.745. The Kier molecular flexibility index (Phi) is 5.75. The molecule has 4 heteroatoms. The molecule has 0 saturated carbocycles. The molecule has 1 aromatic carbocycles. The Morgan fingerprint density at radius 2 is 2.20 bits per heavy atom. The van der Waals surface area contributed by atoms with E-state index in [2.05, 4.69) is 39.8 Å². The summed E-state index contributed by atoms with van der Waals surface area (Å²) >= 11 is 3.44. The maximum absolute atomic E-state index is 12.2. The number of likely N-dealkylation sites (N-methyl/N-ethyl adjacent to an activating group) is 2. The van der Waals surface area contributed by atoms with Crippen LogP contribution in [0.1, 0.15) is 29.6 Å². The first-order valence-corrected chi connectivity index (χ1v) is 8.03. The van der Waals surface area contributed by atoms with Crippen molar-refractivity contribution in [2.75, 3.05) is 33.7 Å². The number of ketones is 1. The largest absolute Gasteiger partial charge is 0.304 e. The van der Waals surface area contributed by atoms with E-state index in [-0.39, 0.29) is 5.78 Å². The summed E-state index contributed by atoms with van der Waals surface area (Å²) in [6, 6.07) is 8.30. The molecule has 0 amide bonds. The van der Waals surface area contributed by atoms with Crippen LogP contribution in [0.5, 0.6) is 0 Å². The number of carbonyl (C=O) groups excluding carboxylic acids is 1. The Morgan fingerprint density at radius 1 is 1.45 bits per heavy atom. The maximum Gasteiger partial charge on any atom is 0.165 e. The summed E-state index contributed by atoms with van der Waals surface area (Å²) in [6.07, 6.45) is 3.15. The summed E-state index contributed by atoms with van der Waals surface area (Å²) in [7, 11) is 4.30. The van der Waals surface area contributed by atoms with Crippen LogP contribution in [-0.2, 0) is 0 Å². The highest BCUT2D eigenvalue weighted by molar-refractivity contribution is 9.10. The molecule has 1 aliphatic rings. The monoisotopic (exact) mass is 338 g/mol. The van der Waals surface area contributed by atoms with Crippen LogP contribution in [0.15, 0.2) is 28.7 Å². The molecule has 20 heavy (non-hydrogen) atoms. The van der Waals surface area contributed by atoms with Gasteiger partial charge in [0.05, 0.1) is 0 Å². The van der Waals surface area contributed by atoms with Gasteiger partial charge in [-0.1, -0.05) is 34.1 Å². The average molecular weight is 339 g/mol. The molecule has 1 aromatic rings. The van der Waals surface area contributed by atoms with Gasteiger partial charge in [0.1, 0.15) is 0 Å². The van der Waals surface area contributed by atoms with Gasteiger partial charge in [-0.25, -0.2) is 0 Å². The summed E-state index contributed by atoms with van der Waals surface area (Å²) in [5.41, 5.74) is 0.791. The summed E-state index contributed by atoms with van der Waals surface area (Å²) in [6.45, 7) is 3.08. The molecule has 110 valence electrons. The van der Waals surface area contributed by atoms with Crippen molar-refractivity contribution in [2.45, 2.75) is 25.3 Å². The van der Waals surface area contributed by atoms with Crippen LogP contribution >= 0.6 is 15.9 Å². The molecule has 0 N–H and O–H groups in total. The lowest BCUT2D eigenvalue weighted by molar-refractivity contribution is 0.0963. The number of halogens is 1. The lowest BCUT2D eigenvalue weighted by atomic mass is 10.1. The van der Waals surface area contributed by atoms with Crippen molar-refractivity contribution in [1.29, 1.82) is 0 Å². The zero-order valence-electron chi connectivity index (χ0n) is 12.3. The number of likely N-dealkylation sites (tertiary alicyclic amines) is 1. The highest BCUT2D eigenvalue weighted by Crippen LogP contribution is 2.18. The van der Waals surface area contributed by atoms with Crippen molar-refractivity contribution < 1.29 is 4.79 Å². The highest BCUT2D eigenvalue weighted by Gasteiger charge is 2.22. The van der Waals surface area contributed by atoms with E-state index in [0.717, 1.165) is 23.1 Å². The van der Waals surface area contributed by atoms with Crippen molar-refractivity contribution >= 4 is 21.7 Å². The molecule has 0 aliphatic carbocycles. The van der Waals surface area contributed by atoms with E-state index in [1.807, 2.05) is 24.3 Å². The topological polar surface area (TPSA) is 23.6 Å². The number of nitrogens with zero attached hydrogens (tertiary/aromatic N) is 2. The van der Waals surface area contributed by atoms with Gasteiger partial charge in [-0.15, -0.1) is 0 Å². The highest BCUT2D eigenvalue weighted by atomic mass is 79.9. The van der Waals surface area contributed by atoms with Crippen LogP contribution in [-0.4, -0.2) is 55.4 Å². The van der Waals surface area contributed by atoms with Gasteiger partial charge >= 0.3 is 0 Å². The summed E-state index contributed by atoms with van der Waals surface area (Å²) < 4.78 is 0.892. The number of hydrogen-bond donors (Lipinski definition) is 0. The molecule has 0 radical (unpaired) electrons. The third-order valence-electron chi connectivity index (χ3n) is 4.09. The molecule has 2 rings (SSSR count). The molecule has 0 bridgehead atoms. The van der Waals surface area contributed by atoms with E-state index in [4.69, 9.17) is 0 Å². The molecule has 1 unspecified atom stereocenters. The van der Waals surface area contributed by atoms with Crippen LogP contribution in [0.4, 0.5) is 0 Å². The van der Waals surface area contributed by atoms with Crippen LogP contribution in [0.2, 0.25) is 0 Å². The van der Waals surface area contributed by atoms with Crippen molar-refractivity contribution in [2.24, 2.45) is 0 Å². The van der Waals surface area contributed by atoms with Gasteiger partial charge < -0.3 is 9.80 Å². The molecule has 1 heterocycles. The molecule has 1 fully saturated rings. The molecule has 3 nitrogen and oxygen atoms in total. The lowest BCUT2D eigenvalue weighted by Crippen LogP contribution is -2.37. The molecule has 1 saturated heterocycles. The van der Waals surface area contributed by atoms with E-state index in [1.165, 1.54) is 19.4 Å². The maximum atomic E-state index is 12.2. The first-order valence-electron chi connectivity index (χ1n) is 7.24. The standard InChI is InChI=1S/C16H23BrN2O/c1-18(12-13-6-5-10-19(13)2)11-9-16(20)14-7-3-4-8-15(14)17/h3-4,7-8,13H,5-6,9-12H2,1-2H3. The van der Waals surface area contributed by atoms with Crippen LogP contribution in [0, 0.1) is 0 Å². The second-order valence-electron chi connectivity index (χ2n) is 5.69. The SMILES string of the molecule is CN(CCC(=O)c1ccccc1Br)CC1CCCN1C. The van der Waals surface area contributed by atoms with E-state index in [0.29, 0.717) is 12.5 Å². The lowest BCUT2D eigenvalue weighted by Gasteiger charge is -2.25. The summed E-state index contributed by atoms with van der Waals surface area (Å²) in [5.74, 6) is 0.212. The number of rotatable bonds is 6. The fraction of sp³-hybridized carbons (Fsp3) is 0.562. The van der Waals surface area contributed by atoms with E-state index >= 15 is 0 Å². The minimum Gasteiger partial charge on any atom is -0.304 e. The van der Waals surface area contributed by atoms with Crippen molar-refractivity contribution in [3.05, 3.63) is 34.3 Å². The number of benzene rings is 1. The molecule has 1 atom stereocenters. The number of hydrogen-bond acceptors (Lipinski definition) is 3. The molecular weight excluding hydrogens is 316 g/mol.